The van der Waals surface area contributed by atoms with E-state index in [4.69, 9.17) is 4.52 Å². The van der Waals surface area contributed by atoms with Gasteiger partial charge in [0.1, 0.15) is 12.1 Å². The topological polar surface area (TPSA) is 92.4 Å². The van der Waals surface area contributed by atoms with Crippen LogP contribution in [0.15, 0.2) is 17.0 Å². The quantitative estimate of drug-likeness (QED) is 0.817. The highest BCUT2D eigenvalue weighted by atomic mass is 16.5. The molecule has 0 spiro atoms. The van der Waals surface area contributed by atoms with E-state index in [1.165, 1.54) is 6.33 Å². The van der Waals surface area contributed by atoms with Crippen LogP contribution in [-0.4, -0.2) is 55.9 Å². The zero-order chi connectivity index (χ0) is 19.1. The fourth-order valence-electron chi connectivity index (χ4n) is 4.08. The SMILES string of the molecule is Cc1ncncc1C(=O)N1CC2CCC(C1)N(Cc1c(C)noc1C)C2=O. The average Bonchev–Trinajstić information content (AvgIpc) is 2.83. The van der Waals surface area contributed by atoms with Crippen LogP contribution >= 0.6 is 0 Å². The first-order valence-electron chi connectivity index (χ1n) is 9.23. The van der Waals surface area contributed by atoms with Gasteiger partial charge in [0.05, 0.1) is 29.4 Å². The van der Waals surface area contributed by atoms with E-state index < -0.39 is 0 Å². The first kappa shape index (κ1) is 17.6. The molecule has 2 aromatic rings. The molecule has 8 heteroatoms. The van der Waals surface area contributed by atoms with E-state index in [0.29, 0.717) is 30.9 Å². The summed E-state index contributed by atoms with van der Waals surface area (Å²) in [6, 6.07) is -0.00108. The van der Waals surface area contributed by atoms with E-state index >= 15 is 0 Å². The molecule has 142 valence electrons. The number of nitrogens with zero attached hydrogens (tertiary/aromatic N) is 5. The third kappa shape index (κ3) is 3.09. The maximum absolute atomic E-state index is 13.0. The monoisotopic (exact) mass is 369 g/mol. The van der Waals surface area contributed by atoms with Gasteiger partial charge in [0.2, 0.25) is 5.91 Å². The van der Waals surface area contributed by atoms with Crippen molar-refractivity contribution in [2.45, 2.75) is 46.2 Å². The standard InChI is InChI=1S/C19H23N5O3/c1-11-16(6-20-10-21-11)19(26)23-7-14-4-5-15(8-23)24(18(14)25)9-17-12(2)22-27-13(17)3/h6,10,14-15H,4-5,7-9H2,1-3H3. The van der Waals surface area contributed by atoms with Crippen molar-refractivity contribution in [3.63, 3.8) is 0 Å². The molecular weight excluding hydrogens is 346 g/mol. The molecule has 0 aliphatic carbocycles. The van der Waals surface area contributed by atoms with Crippen LogP contribution in [0, 0.1) is 26.7 Å². The Morgan fingerprint density at radius 3 is 2.74 bits per heavy atom. The number of aryl methyl sites for hydroxylation is 3. The second kappa shape index (κ2) is 6.75. The van der Waals surface area contributed by atoms with Crippen molar-refractivity contribution in [3.8, 4) is 0 Å². The summed E-state index contributed by atoms with van der Waals surface area (Å²) in [5.41, 5.74) is 2.93. The van der Waals surface area contributed by atoms with Gasteiger partial charge in [-0.25, -0.2) is 9.97 Å². The summed E-state index contributed by atoms with van der Waals surface area (Å²) in [5, 5.41) is 3.99. The number of aromatic nitrogens is 3. The lowest BCUT2D eigenvalue weighted by Gasteiger charge is -2.35. The van der Waals surface area contributed by atoms with Crippen LogP contribution in [0.5, 0.6) is 0 Å². The second-order valence-electron chi connectivity index (χ2n) is 7.43. The Balaban J connectivity index is 1.59. The van der Waals surface area contributed by atoms with E-state index in [0.717, 1.165) is 29.9 Å². The average molecular weight is 369 g/mol. The van der Waals surface area contributed by atoms with Crippen molar-refractivity contribution in [1.29, 1.82) is 0 Å². The minimum atomic E-state index is -0.168. The summed E-state index contributed by atoms with van der Waals surface area (Å²) in [6.07, 6.45) is 4.71. The van der Waals surface area contributed by atoms with Gasteiger partial charge in [-0.05, 0) is 33.6 Å². The molecule has 2 unspecified atom stereocenters. The third-order valence-electron chi connectivity index (χ3n) is 5.73. The molecule has 5 rings (SSSR count). The molecule has 0 radical (unpaired) electrons. The number of piperidine rings is 1. The molecule has 2 aromatic heterocycles. The van der Waals surface area contributed by atoms with E-state index in [1.807, 2.05) is 18.7 Å². The van der Waals surface area contributed by atoms with Gasteiger partial charge < -0.3 is 14.3 Å². The molecule has 3 fully saturated rings. The Bertz CT molecular complexity index is 874. The summed E-state index contributed by atoms with van der Waals surface area (Å²) < 4.78 is 5.25. The smallest absolute Gasteiger partial charge is 0.257 e. The molecule has 8 nitrogen and oxygen atoms in total. The summed E-state index contributed by atoms with van der Waals surface area (Å²) in [4.78, 5) is 37.9. The van der Waals surface area contributed by atoms with Gasteiger partial charge in [0.25, 0.3) is 5.91 Å². The van der Waals surface area contributed by atoms with E-state index in [-0.39, 0.29) is 23.8 Å². The molecule has 3 aliphatic heterocycles. The highest BCUT2D eigenvalue weighted by molar-refractivity contribution is 5.95. The summed E-state index contributed by atoms with van der Waals surface area (Å²) in [6.45, 7) is 7.01. The van der Waals surface area contributed by atoms with Gasteiger partial charge in [-0.3, -0.25) is 9.59 Å². The lowest BCUT2D eigenvalue weighted by Crippen LogP contribution is -2.47. The van der Waals surface area contributed by atoms with Crippen molar-refractivity contribution in [2.75, 3.05) is 13.1 Å². The Kier molecular flexibility index (Phi) is 4.41. The minimum Gasteiger partial charge on any atom is -0.361 e. The first-order valence-corrected chi connectivity index (χ1v) is 9.23. The molecule has 5 heterocycles. The van der Waals surface area contributed by atoms with Crippen LogP contribution < -0.4 is 0 Å². The molecule has 3 saturated heterocycles. The fraction of sp³-hybridized carbons (Fsp3) is 0.526. The molecule has 2 atom stereocenters. The number of fused-ring (bicyclic) bond motifs is 4. The predicted octanol–water partition coefficient (Wildman–Crippen LogP) is 1.65. The van der Waals surface area contributed by atoms with Crippen LogP contribution in [0.4, 0.5) is 0 Å². The van der Waals surface area contributed by atoms with Gasteiger partial charge >= 0.3 is 0 Å². The molecule has 27 heavy (non-hydrogen) atoms. The molecule has 0 saturated carbocycles. The zero-order valence-corrected chi connectivity index (χ0v) is 15.8. The maximum atomic E-state index is 13.0. The normalized spacial score (nSPS) is 22.3. The molecule has 0 N–H and O–H groups in total. The molecule has 2 bridgehead atoms. The van der Waals surface area contributed by atoms with Crippen LogP contribution in [0.1, 0.15) is 45.9 Å². The van der Waals surface area contributed by atoms with Gasteiger partial charge in [0.15, 0.2) is 0 Å². The fourth-order valence-corrected chi connectivity index (χ4v) is 4.08. The molecule has 0 aromatic carbocycles. The Labute approximate surface area is 157 Å². The first-order chi connectivity index (χ1) is 13.0. The van der Waals surface area contributed by atoms with E-state index in [1.54, 1.807) is 18.0 Å². The summed E-state index contributed by atoms with van der Waals surface area (Å²) in [5.74, 6) is 0.586. The lowest BCUT2D eigenvalue weighted by molar-refractivity contribution is -0.140. The Morgan fingerprint density at radius 1 is 1.22 bits per heavy atom. The maximum Gasteiger partial charge on any atom is 0.257 e. The van der Waals surface area contributed by atoms with Gasteiger partial charge in [-0.15, -0.1) is 0 Å². The highest BCUT2D eigenvalue weighted by Crippen LogP contribution is 2.32. The van der Waals surface area contributed by atoms with Gasteiger partial charge in [0, 0.05) is 30.9 Å². The Hall–Kier alpha value is -2.77. The number of amides is 2. The van der Waals surface area contributed by atoms with Crippen molar-refractivity contribution < 1.29 is 14.1 Å². The van der Waals surface area contributed by atoms with Crippen molar-refractivity contribution in [1.82, 2.24) is 24.9 Å². The Morgan fingerprint density at radius 2 is 2.04 bits per heavy atom. The number of carbonyl (C=O) groups excluding carboxylic acids is 2. The third-order valence-corrected chi connectivity index (χ3v) is 5.73. The number of hydrogen-bond donors (Lipinski definition) is 0. The minimum absolute atomic E-state index is 0.00108. The van der Waals surface area contributed by atoms with Crippen LogP contribution in [-0.2, 0) is 11.3 Å². The number of rotatable bonds is 3. The van der Waals surface area contributed by atoms with Gasteiger partial charge in [-0.2, -0.15) is 0 Å². The summed E-state index contributed by atoms with van der Waals surface area (Å²) >= 11 is 0. The van der Waals surface area contributed by atoms with E-state index in [9.17, 15) is 9.59 Å². The van der Waals surface area contributed by atoms with Crippen molar-refractivity contribution >= 4 is 11.8 Å². The van der Waals surface area contributed by atoms with Crippen LogP contribution in [0.25, 0.3) is 0 Å². The van der Waals surface area contributed by atoms with Crippen LogP contribution in [0.3, 0.4) is 0 Å². The van der Waals surface area contributed by atoms with Gasteiger partial charge in [-0.1, -0.05) is 5.16 Å². The van der Waals surface area contributed by atoms with Crippen molar-refractivity contribution in [3.05, 3.63) is 40.8 Å². The zero-order valence-electron chi connectivity index (χ0n) is 15.8. The predicted molar refractivity (Wildman–Crippen MR) is 95.7 cm³/mol. The molecule has 2 amide bonds. The molecule has 3 aliphatic rings. The largest absolute Gasteiger partial charge is 0.361 e. The van der Waals surface area contributed by atoms with E-state index in [2.05, 4.69) is 15.1 Å². The van der Waals surface area contributed by atoms with Crippen LogP contribution in [0.2, 0.25) is 0 Å². The summed E-state index contributed by atoms with van der Waals surface area (Å²) in [7, 11) is 0. The number of carbonyl (C=O) groups is 2. The highest BCUT2D eigenvalue weighted by Gasteiger charge is 2.42. The second-order valence-corrected chi connectivity index (χ2v) is 7.43. The molecular formula is C19H23N5O3. The van der Waals surface area contributed by atoms with Crippen molar-refractivity contribution in [2.24, 2.45) is 5.92 Å². The number of hydrogen-bond acceptors (Lipinski definition) is 6. The lowest BCUT2D eigenvalue weighted by atomic mass is 9.93.